The van der Waals surface area contributed by atoms with Gasteiger partial charge in [-0.1, -0.05) is 29.4 Å². The molecule has 5 rings (SSSR count). The molecule has 1 aromatic heterocycles. The molecule has 35 heavy (non-hydrogen) atoms. The lowest BCUT2D eigenvalue weighted by atomic mass is 10.0. The molecule has 0 bridgehead atoms. The van der Waals surface area contributed by atoms with Crippen molar-refractivity contribution < 1.29 is 18.8 Å². The molecule has 2 heterocycles. The number of hydrogen-bond donors (Lipinski definition) is 1. The van der Waals surface area contributed by atoms with Crippen molar-refractivity contribution in [2.45, 2.75) is 33.3 Å². The van der Waals surface area contributed by atoms with Crippen LogP contribution in [-0.4, -0.2) is 35.0 Å². The Labute approximate surface area is 203 Å². The van der Waals surface area contributed by atoms with Crippen molar-refractivity contribution in [2.24, 2.45) is 0 Å². The second kappa shape index (κ2) is 9.62. The zero-order valence-electron chi connectivity index (χ0n) is 19.8. The Morgan fingerprint density at radius 2 is 1.69 bits per heavy atom. The van der Waals surface area contributed by atoms with Gasteiger partial charge in [-0.3, -0.25) is 9.59 Å². The lowest BCUT2D eigenvalue weighted by molar-refractivity contribution is 0.0792. The fraction of sp³-hybridized carbons (Fsp3) is 0.250. The van der Waals surface area contributed by atoms with Crippen LogP contribution in [0.1, 0.15) is 50.6 Å². The van der Waals surface area contributed by atoms with Crippen molar-refractivity contribution in [3.05, 3.63) is 88.8 Å². The van der Waals surface area contributed by atoms with Gasteiger partial charge >= 0.3 is 0 Å². The predicted molar refractivity (Wildman–Crippen MR) is 134 cm³/mol. The number of nitrogens with one attached hydrogen (secondary N) is 1. The first-order valence-electron chi connectivity index (χ1n) is 11.8. The summed E-state index contributed by atoms with van der Waals surface area (Å²) in [5.41, 5.74) is 3.28. The zero-order valence-corrected chi connectivity index (χ0v) is 19.8. The molecule has 0 unspecified atom stereocenters. The summed E-state index contributed by atoms with van der Waals surface area (Å²) in [6.07, 6.45) is 2.10. The minimum Gasteiger partial charge on any atom is -0.488 e. The van der Waals surface area contributed by atoms with Crippen molar-refractivity contribution in [1.82, 2.24) is 10.1 Å². The first kappa shape index (κ1) is 22.7. The molecule has 0 atom stereocenters. The molecule has 0 radical (unpaired) electrons. The standard InChI is InChI=1S/C28H27N3O4/c1-18-25(19(2)35-30-18)17-34-26-16-22-8-4-3-7-21(22)15-24(26)27(32)29-23-11-9-20(10-12-23)28(33)31-13-5-6-14-31/h3-4,7-12,15-16H,5-6,13-14,17H2,1-2H3,(H,29,32). The molecule has 0 spiro atoms. The average molecular weight is 470 g/mol. The normalized spacial score (nSPS) is 13.3. The van der Waals surface area contributed by atoms with E-state index >= 15 is 0 Å². The molecule has 3 aromatic carbocycles. The molecular formula is C28H27N3O4. The second-order valence-electron chi connectivity index (χ2n) is 8.82. The third kappa shape index (κ3) is 4.75. The number of ether oxygens (including phenoxy) is 1. The van der Waals surface area contributed by atoms with E-state index in [-0.39, 0.29) is 18.4 Å². The summed E-state index contributed by atoms with van der Waals surface area (Å²) in [4.78, 5) is 27.8. The summed E-state index contributed by atoms with van der Waals surface area (Å²) in [5, 5.41) is 8.83. The number of hydrogen-bond acceptors (Lipinski definition) is 5. The van der Waals surface area contributed by atoms with E-state index in [9.17, 15) is 9.59 Å². The highest BCUT2D eigenvalue weighted by Crippen LogP contribution is 2.29. The predicted octanol–water partition coefficient (Wildman–Crippen LogP) is 5.51. The Hall–Kier alpha value is -4.13. The van der Waals surface area contributed by atoms with Crippen LogP contribution >= 0.6 is 0 Å². The van der Waals surface area contributed by atoms with E-state index in [0.29, 0.717) is 28.3 Å². The van der Waals surface area contributed by atoms with Gasteiger partial charge < -0.3 is 19.5 Å². The Bertz CT molecular complexity index is 1370. The van der Waals surface area contributed by atoms with Crippen molar-refractivity contribution in [1.29, 1.82) is 0 Å². The topological polar surface area (TPSA) is 84.7 Å². The van der Waals surface area contributed by atoms with E-state index in [0.717, 1.165) is 48.0 Å². The average Bonchev–Trinajstić information content (AvgIpc) is 3.52. The maximum absolute atomic E-state index is 13.3. The number of nitrogens with zero attached hydrogens (tertiary/aromatic N) is 2. The number of carbonyl (C=O) groups is 2. The van der Waals surface area contributed by atoms with Crippen LogP contribution in [0.5, 0.6) is 5.75 Å². The second-order valence-corrected chi connectivity index (χ2v) is 8.82. The number of carbonyl (C=O) groups excluding carboxylic acids is 2. The summed E-state index contributed by atoms with van der Waals surface area (Å²) in [7, 11) is 0. The number of aromatic nitrogens is 1. The molecule has 1 aliphatic heterocycles. The van der Waals surface area contributed by atoms with Crippen molar-refractivity contribution in [3.8, 4) is 5.75 Å². The zero-order chi connectivity index (χ0) is 24.4. The number of anilines is 1. The van der Waals surface area contributed by atoms with Crippen LogP contribution < -0.4 is 10.1 Å². The number of benzene rings is 3. The molecule has 1 saturated heterocycles. The molecule has 0 aliphatic carbocycles. The Kier molecular flexibility index (Phi) is 6.23. The minimum atomic E-state index is -0.289. The highest BCUT2D eigenvalue weighted by molar-refractivity contribution is 6.09. The van der Waals surface area contributed by atoms with E-state index in [1.165, 1.54) is 0 Å². The van der Waals surface area contributed by atoms with Gasteiger partial charge in [-0.2, -0.15) is 0 Å². The summed E-state index contributed by atoms with van der Waals surface area (Å²) in [5.74, 6) is 0.910. The molecule has 2 amide bonds. The molecule has 1 aliphatic rings. The summed E-state index contributed by atoms with van der Waals surface area (Å²) < 4.78 is 11.3. The van der Waals surface area contributed by atoms with Crippen LogP contribution in [0.25, 0.3) is 10.8 Å². The molecule has 178 valence electrons. The van der Waals surface area contributed by atoms with Crippen LogP contribution in [0.4, 0.5) is 5.69 Å². The largest absolute Gasteiger partial charge is 0.488 e. The monoisotopic (exact) mass is 469 g/mol. The first-order chi connectivity index (χ1) is 17.0. The smallest absolute Gasteiger partial charge is 0.259 e. The lowest BCUT2D eigenvalue weighted by Gasteiger charge is -2.16. The van der Waals surface area contributed by atoms with Gasteiger partial charge in [-0.05, 0) is 73.9 Å². The number of likely N-dealkylation sites (tertiary alicyclic amines) is 1. The molecule has 7 heteroatoms. The molecular weight excluding hydrogens is 442 g/mol. The molecule has 1 N–H and O–H groups in total. The van der Waals surface area contributed by atoms with Gasteiger partial charge in [0.05, 0.1) is 16.8 Å². The van der Waals surface area contributed by atoms with Crippen LogP contribution in [0.2, 0.25) is 0 Å². The third-order valence-electron chi connectivity index (χ3n) is 6.43. The van der Waals surface area contributed by atoms with Gasteiger partial charge in [-0.15, -0.1) is 0 Å². The van der Waals surface area contributed by atoms with Crippen molar-refractivity contribution >= 4 is 28.3 Å². The number of rotatable bonds is 6. The summed E-state index contributed by atoms with van der Waals surface area (Å²) >= 11 is 0. The van der Waals surface area contributed by atoms with Gasteiger partial charge in [0.1, 0.15) is 18.1 Å². The summed E-state index contributed by atoms with van der Waals surface area (Å²) in [6.45, 7) is 5.55. The molecule has 0 saturated carbocycles. The van der Waals surface area contributed by atoms with Gasteiger partial charge in [0.15, 0.2) is 0 Å². The van der Waals surface area contributed by atoms with Gasteiger partial charge in [0.2, 0.25) is 0 Å². The maximum atomic E-state index is 13.3. The number of aryl methyl sites for hydroxylation is 2. The third-order valence-corrected chi connectivity index (χ3v) is 6.43. The fourth-order valence-corrected chi connectivity index (χ4v) is 4.37. The van der Waals surface area contributed by atoms with Crippen LogP contribution in [0.3, 0.4) is 0 Å². The van der Waals surface area contributed by atoms with Gasteiger partial charge in [-0.25, -0.2) is 0 Å². The molecule has 4 aromatic rings. The van der Waals surface area contributed by atoms with E-state index < -0.39 is 0 Å². The number of amides is 2. The SMILES string of the molecule is Cc1noc(C)c1COc1cc2ccccc2cc1C(=O)Nc1ccc(C(=O)N2CCCC2)cc1. The Balaban J connectivity index is 1.38. The quantitative estimate of drug-likeness (QED) is 0.402. The van der Waals surface area contributed by atoms with Crippen molar-refractivity contribution in [3.63, 3.8) is 0 Å². The first-order valence-corrected chi connectivity index (χ1v) is 11.8. The number of fused-ring (bicyclic) bond motifs is 1. The Morgan fingerprint density at radius 3 is 2.34 bits per heavy atom. The van der Waals surface area contributed by atoms with E-state index in [1.54, 1.807) is 24.3 Å². The minimum absolute atomic E-state index is 0.0323. The van der Waals surface area contributed by atoms with E-state index in [4.69, 9.17) is 9.26 Å². The fourth-order valence-electron chi connectivity index (χ4n) is 4.37. The Morgan fingerprint density at radius 1 is 1.00 bits per heavy atom. The van der Waals surface area contributed by atoms with Gasteiger partial charge in [0, 0.05) is 24.3 Å². The highest BCUT2D eigenvalue weighted by Gasteiger charge is 2.20. The maximum Gasteiger partial charge on any atom is 0.259 e. The van der Waals surface area contributed by atoms with E-state index in [1.807, 2.05) is 55.1 Å². The van der Waals surface area contributed by atoms with E-state index in [2.05, 4.69) is 10.5 Å². The van der Waals surface area contributed by atoms with Crippen LogP contribution in [0.15, 0.2) is 65.2 Å². The lowest BCUT2D eigenvalue weighted by Crippen LogP contribution is -2.27. The van der Waals surface area contributed by atoms with Crippen LogP contribution in [-0.2, 0) is 6.61 Å². The van der Waals surface area contributed by atoms with Crippen molar-refractivity contribution in [2.75, 3.05) is 18.4 Å². The molecule has 1 fully saturated rings. The summed E-state index contributed by atoms with van der Waals surface area (Å²) in [6, 6.07) is 18.6. The highest BCUT2D eigenvalue weighted by atomic mass is 16.5. The van der Waals surface area contributed by atoms with Crippen LogP contribution in [0, 0.1) is 13.8 Å². The van der Waals surface area contributed by atoms with Gasteiger partial charge in [0.25, 0.3) is 11.8 Å². The molecule has 7 nitrogen and oxygen atoms in total.